The molecule has 0 amide bonds. The van der Waals surface area contributed by atoms with Gasteiger partial charge in [0.15, 0.2) is 28.7 Å². The molecule has 3 saturated carbocycles. The molecule has 3 N–H and O–H groups in total. The number of rotatable bonds is 9. The summed E-state index contributed by atoms with van der Waals surface area (Å²) in [6.45, 7) is 14.2. The molecule has 2 aromatic heterocycles. The Morgan fingerprint density at radius 3 is 2.65 bits per heavy atom. The van der Waals surface area contributed by atoms with Crippen molar-refractivity contribution in [3.05, 3.63) is 24.1 Å². The molecular formula is C41H58FN5O5. The van der Waals surface area contributed by atoms with E-state index in [0.29, 0.717) is 17.8 Å². The van der Waals surface area contributed by atoms with Gasteiger partial charge in [0.1, 0.15) is 12.3 Å². The zero-order valence-electron chi connectivity index (χ0n) is 31.8. The average Bonchev–Trinajstić information content (AvgIpc) is 3.80. The zero-order valence-corrected chi connectivity index (χ0v) is 31.8. The van der Waals surface area contributed by atoms with Crippen molar-refractivity contribution in [2.24, 2.45) is 52.3 Å². The van der Waals surface area contributed by atoms with Crippen LogP contribution in [0.5, 0.6) is 0 Å². The van der Waals surface area contributed by atoms with Crippen LogP contribution in [-0.2, 0) is 14.2 Å². The number of nitrogen functional groups attached to an aromatic ring is 1. The highest BCUT2D eigenvalue weighted by atomic mass is 19.1. The van der Waals surface area contributed by atoms with Crippen molar-refractivity contribution in [3.8, 4) is 12.3 Å². The first-order valence-electron chi connectivity index (χ1n) is 19.7. The standard InChI is InChI=1S/C41H58FN5O5/c1-8-41(21-48)32(20-33(52-41)47-22-44-34-35(43)45-37(42)46-36(34)47)51-38(49)50-27-15-17-39(6)26(19-27)11-12-28-30-14-13-29(40(30,7)18-16-31(28)39)25(5)10-9-24(4)23(2)3/h1,11,22-25,27-33,48H,9-10,12-21H2,2-7H3,(H2,43,45,46)/t24-,25-,27+,28+,29?,30+,31+,32+,33-,39+,40-,41-/m1/s1. The topological polar surface area (TPSA) is 135 Å². The molecular weight excluding hydrogens is 661 g/mol. The number of imidazole rings is 1. The molecule has 0 aromatic carbocycles. The summed E-state index contributed by atoms with van der Waals surface area (Å²) >= 11 is 0. The summed E-state index contributed by atoms with van der Waals surface area (Å²) in [6, 6.07) is 0. The summed E-state index contributed by atoms with van der Waals surface area (Å²) in [6.07, 6.45) is 17.3. The predicted molar refractivity (Wildman–Crippen MR) is 196 cm³/mol. The summed E-state index contributed by atoms with van der Waals surface area (Å²) < 4.78 is 33.3. The minimum Gasteiger partial charge on any atom is -0.431 e. The Bertz CT molecular complexity index is 1740. The molecule has 5 aliphatic rings. The second-order valence-corrected chi connectivity index (χ2v) is 17.8. The van der Waals surface area contributed by atoms with Gasteiger partial charge in [-0.3, -0.25) is 4.57 Å². The summed E-state index contributed by atoms with van der Waals surface area (Å²) in [5, 5.41) is 10.3. The van der Waals surface area contributed by atoms with E-state index in [4.69, 9.17) is 26.4 Å². The minimum absolute atomic E-state index is 0.0601. The number of halogens is 1. The van der Waals surface area contributed by atoms with Crippen molar-refractivity contribution in [1.82, 2.24) is 19.5 Å². The maximum absolute atomic E-state index is 14.0. The van der Waals surface area contributed by atoms with Gasteiger partial charge in [-0.15, -0.1) is 6.42 Å². The third-order valence-electron chi connectivity index (χ3n) is 15.0. The number of carbonyl (C=O) groups is 1. The summed E-state index contributed by atoms with van der Waals surface area (Å²) in [4.78, 5) is 24.9. The highest BCUT2D eigenvalue weighted by molar-refractivity contribution is 5.81. The summed E-state index contributed by atoms with van der Waals surface area (Å²) in [5.41, 5.74) is 6.47. The van der Waals surface area contributed by atoms with Crippen LogP contribution in [0.1, 0.15) is 118 Å². The van der Waals surface area contributed by atoms with Crippen LogP contribution in [0.4, 0.5) is 15.0 Å². The molecule has 10 nitrogen and oxygen atoms in total. The van der Waals surface area contributed by atoms with Gasteiger partial charge in [0.25, 0.3) is 0 Å². The first kappa shape index (κ1) is 37.1. The Balaban J connectivity index is 0.990. The van der Waals surface area contributed by atoms with Crippen LogP contribution in [-0.4, -0.2) is 55.2 Å². The van der Waals surface area contributed by atoms with Crippen molar-refractivity contribution in [2.45, 2.75) is 136 Å². The van der Waals surface area contributed by atoms with Crippen LogP contribution in [0.25, 0.3) is 11.2 Å². The Hall–Kier alpha value is -3.23. The Kier molecular flexibility index (Phi) is 9.90. The van der Waals surface area contributed by atoms with E-state index >= 15 is 0 Å². The van der Waals surface area contributed by atoms with Crippen molar-refractivity contribution in [1.29, 1.82) is 0 Å². The third kappa shape index (κ3) is 6.19. The molecule has 0 bridgehead atoms. The van der Waals surface area contributed by atoms with E-state index in [1.54, 1.807) is 0 Å². The van der Waals surface area contributed by atoms with Gasteiger partial charge in [0, 0.05) is 12.8 Å². The number of anilines is 1. The van der Waals surface area contributed by atoms with Gasteiger partial charge in [-0.1, -0.05) is 72.0 Å². The molecule has 11 heteroatoms. The first-order chi connectivity index (χ1) is 24.7. The van der Waals surface area contributed by atoms with Crippen molar-refractivity contribution >= 4 is 23.1 Å². The quantitative estimate of drug-likeness (QED) is 0.114. The SMILES string of the molecule is C#C[C@]1(CO)O[C@@H](n2cnc3c(N)nc(F)nc32)C[C@@H]1OC(=O)O[C@H]1CC[C@@]2(C)C(=CC[C@@H]3[C@@H]2CC[C@]2(C)C([C@H](C)CC[C@@H](C)C(C)C)CC[C@@H]32)C1. The number of nitrogens with two attached hydrogens (primary N) is 1. The molecule has 0 spiro atoms. The number of hydrogen-bond donors (Lipinski definition) is 2. The molecule has 1 saturated heterocycles. The Morgan fingerprint density at radius 2 is 1.92 bits per heavy atom. The Morgan fingerprint density at radius 1 is 1.13 bits per heavy atom. The van der Waals surface area contributed by atoms with Crippen LogP contribution in [0.15, 0.2) is 18.0 Å². The van der Waals surface area contributed by atoms with E-state index in [0.717, 1.165) is 54.8 Å². The fourth-order valence-electron chi connectivity index (χ4n) is 11.5. The minimum atomic E-state index is -1.64. The number of hydrogen-bond acceptors (Lipinski definition) is 9. The number of carbonyl (C=O) groups excluding carboxylic acids is 1. The lowest BCUT2D eigenvalue weighted by molar-refractivity contribution is -0.103. The highest BCUT2D eigenvalue weighted by Gasteiger charge is 2.59. The van der Waals surface area contributed by atoms with E-state index in [2.05, 4.69) is 68.5 Å². The molecule has 3 heterocycles. The molecule has 7 rings (SSSR count). The third-order valence-corrected chi connectivity index (χ3v) is 15.0. The molecule has 2 aromatic rings. The molecule has 1 aliphatic heterocycles. The molecule has 12 atom stereocenters. The monoisotopic (exact) mass is 719 g/mol. The highest BCUT2D eigenvalue weighted by Crippen LogP contribution is 2.67. The maximum atomic E-state index is 14.0. The molecule has 284 valence electrons. The lowest BCUT2D eigenvalue weighted by Gasteiger charge is -2.58. The molecule has 4 fully saturated rings. The molecule has 1 unspecified atom stereocenters. The average molecular weight is 720 g/mol. The number of terminal acetylenes is 1. The van der Waals surface area contributed by atoms with E-state index < -0.39 is 36.8 Å². The lowest BCUT2D eigenvalue weighted by atomic mass is 9.47. The number of aromatic nitrogens is 4. The number of fused-ring (bicyclic) bond motifs is 6. The van der Waals surface area contributed by atoms with Crippen molar-refractivity contribution < 1.29 is 28.5 Å². The smallest absolute Gasteiger partial charge is 0.431 e. The number of nitrogens with zero attached hydrogens (tertiary/aromatic N) is 4. The molecule has 4 aliphatic carbocycles. The van der Waals surface area contributed by atoms with Gasteiger partial charge in [-0.05, 0) is 97.2 Å². The number of allylic oxidation sites excluding steroid dienone is 1. The van der Waals surface area contributed by atoms with Crippen LogP contribution < -0.4 is 5.73 Å². The van der Waals surface area contributed by atoms with Crippen LogP contribution >= 0.6 is 0 Å². The van der Waals surface area contributed by atoms with Gasteiger partial charge >= 0.3 is 12.2 Å². The fourth-order valence-corrected chi connectivity index (χ4v) is 11.5. The van der Waals surface area contributed by atoms with Crippen molar-refractivity contribution in [2.75, 3.05) is 12.3 Å². The van der Waals surface area contributed by atoms with Crippen molar-refractivity contribution in [3.63, 3.8) is 0 Å². The van der Waals surface area contributed by atoms with Gasteiger partial charge < -0.3 is 25.1 Å². The van der Waals surface area contributed by atoms with Crippen LogP contribution in [0, 0.1) is 70.7 Å². The van der Waals surface area contributed by atoms with E-state index in [1.165, 1.54) is 55.0 Å². The summed E-state index contributed by atoms with van der Waals surface area (Å²) in [5.74, 6) is 7.66. The second-order valence-electron chi connectivity index (χ2n) is 17.8. The van der Waals surface area contributed by atoms with Gasteiger partial charge in [0.2, 0.25) is 0 Å². The Labute approximate surface area is 307 Å². The fraction of sp³-hybridized carbons (Fsp3) is 0.756. The van der Waals surface area contributed by atoms with E-state index in [9.17, 15) is 14.3 Å². The number of aliphatic hydroxyl groups excluding tert-OH is 1. The largest absolute Gasteiger partial charge is 0.508 e. The van der Waals surface area contributed by atoms with Crippen LogP contribution in [0.2, 0.25) is 0 Å². The van der Waals surface area contributed by atoms with Gasteiger partial charge in [-0.2, -0.15) is 14.4 Å². The number of aliphatic hydroxyl groups is 1. The molecule has 0 radical (unpaired) electrons. The first-order valence-corrected chi connectivity index (χ1v) is 19.7. The lowest BCUT2D eigenvalue weighted by Crippen LogP contribution is -2.51. The van der Waals surface area contributed by atoms with E-state index in [1.807, 2.05) is 0 Å². The maximum Gasteiger partial charge on any atom is 0.508 e. The predicted octanol–water partition coefficient (Wildman–Crippen LogP) is 8.01. The van der Waals surface area contributed by atoms with Crippen LogP contribution in [0.3, 0.4) is 0 Å². The zero-order chi connectivity index (χ0) is 37.2. The normalized spacial score (nSPS) is 38.2. The van der Waals surface area contributed by atoms with E-state index in [-0.39, 0.29) is 34.9 Å². The van der Waals surface area contributed by atoms with Gasteiger partial charge in [-0.25, -0.2) is 9.78 Å². The number of ether oxygens (including phenoxy) is 3. The van der Waals surface area contributed by atoms with Gasteiger partial charge in [0.05, 0.1) is 12.9 Å². The second kappa shape index (κ2) is 13.9. The summed E-state index contributed by atoms with van der Waals surface area (Å²) in [7, 11) is 0. The molecule has 52 heavy (non-hydrogen) atoms.